The fourth-order valence-corrected chi connectivity index (χ4v) is 0. The minimum absolute atomic E-state index is 0. The molecule has 0 rings (SSSR count). The second-order valence-electron chi connectivity index (χ2n) is 0. The van der Waals surface area contributed by atoms with E-state index in [0.717, 1.165) is 0 Å². The van der Waals surface area contributed by atoms with Gasteiger partial charge in [0.05, 0.1) is 0 Å². The van der Waals surface area contributed by atoms with Crippen molar-refractivity contribution < 1.29 is 115 Å². The first kappa shape index (κ1) is 25.2. The topological polar surface area (TPSA) is 0 Å². The monoisotopic (exact) mass is 411 g/mol. The molecule has 3 radical (unpaired) electrons. The zero-order valence-electron chi connectivity index (χ0n) is 1.65. The van der Waals surface area contributed by atoms with Crippen LogP contribution in [0.4, 0.5) is 0 Å². The van der Waals surface area contributed by atoms with Gasteiger partial charge in [-0.1, -0.05) is 0 Å². The molecule has 0 atom stereocenters. The van der Waals surface area contributed by atoms with Gasteiger partial charge < -0.3 is 0 Å². The summed E-state index contributed by atoms with van der Waals surface area (Å²) in [6, 6.07) is 0. The maximum absolute atomic E-state index is 0. The standard InChI is InChI=1S/2Co.Pr.Sm. The zero-order valence-corrected chi connectivity index (χ0v) is 10.1. The van der Waals surface area contributed by atoms with E-state index in [2.05, 4.69) is 0 Å². The van der Waals surface area contributed by atoms with Crippen LogP contribution in [0.25, 0.3) is 0 Å². The first-order chi connectivity index (χ1) is 0. The molecule has 0 aliphatic carbocycles. The van der Waals surface area contributed by atoms with E-state index < -0.39 is 0 Å². The average molecular weight is 409 g/mol. The van der Waals surface area contributed by atoms with Crippen molar-refractivity contribution in [2.45, 2.75) is 0 Å². The molecule has 0 aromatic heterocycles. The quantitative estimate of drug-likeness (QED) is 0.529. The Morgan fingerprint density at radius 2 is 0.750 bits per heavy atom. The molecule has 0 fully saturated rings. The summed E-state index contributed by atoms with van der Waals surface area (Å²) >= 11 is 0. The van der Waals surface area contributed by atoms with Crippen LogP contribution in [0.2, 0.25) is 0 Å². The Bertz CT molecular complexity index is 6.00. The molecule has 0 bridgehead atoms. The summed E-state index contributed by atoms with van der Waals surface area (Å²) in [5.41, 5.74) is 0. The van der Waals surface area contributed by atoms with E-state index in [1.807, 2.05) is 0 Å². The molecule has 0 aliphatic heterocycles. The fraction of sp³-hybridized carbons (Fsp3) is 0. The van der Waals surface area contributed by atoms with Crippen molar-refractivity contribution in [1.82, 2.24) is 0 Å². The molecule has 4 heteroatoms. The summed E-state index contributed by atoms with van der Waals surface area (Å²) in [6.45, 7) is 0. The Labute approximate surface area is 112 Å². The average Bonchev–Trinajstić information content (AvgIpc) is 0. The Morgan fingerprint density at radius 1 is 0.750 bits per heavy atom. The molecule has 0 unspecified atom stereocenters. The molecule has 0 saturated carbocycles. The summed E-state index contributed by atoms with van der Waals surface area (Å²) in [4.78, 5) is 0. The van der Waals surface area contributed by atoms with Crippen molar-refractivity contribution in [3.05, 3.63) is 0 Å². The summed E-state index contributed by atoms with van der Waals surface area (Å²) in [5.74, 6) is 0. The molecule has 0 spiro atoms. The molecule has 0 heterocycles. The van der Waals surface area contributed by atoms with Gasteiger partial charge in [0.2, 0.25) is 0 Å². The third-order valence-corrected chi connectivity index (χ3v) is 0. The van der Waals surface area contributed by atoms with Crippen LogP contribution in [-0.2, 0) is 33.6 Å². The van der Waals surface area contributed by atoms with Gasteiger partial charge in [0.15, 0.2) is 0 Å². The molecule has 0 nitrogen and oxygen atoms in total. The zero-order chi connectivity index (χ0) is 0. The van der Waals surface area contributed by atoms with Crippen molar-refractivity contribution in [2.75, 3.05) is 0 Å². The van der Waals surface area contributed by atoms with Crippen molar-refractivity contribution in [3.63, 3.8) is 0 Å². The third-order valence-electron chi connectivity index (χ3n) is 0. The van der Waals surface area contributed by atoms with Crippen LogP contribution in [0.5, 0.6) is 0 Å². The van der Waals surface area contributed by atoms with Crippen LogP contribution in [0.3, 0.4) is 0 Å². The molecular formula is Co2PrSm. The number of rotatable bonds is 0. The van der Waals surface area contributed by atoms with Crippen molar-refractivity contribution in [3.8, 4) is 0 Å². The minimum atomic E-state index is 0. The molecule has 0 aliphatic rings. The Hall–Kier alpha value is 3.71. The summed E-state index contributed by atoms with van der Waals surface area (Å²) in [5, 5.41) is 0. The third kappa shape index (κ3) is 9.21. The SMILES string of the molecule is [Co].[Co].[Pr].[Sm]. The van der Waals surface area contributed by atoms with E-state index in [-0.39, 0.29) is 115 Å². The molecule has 4 heavy (non-hydrogen) atoms. The first-order valence-electron chi connectivity index (χ1n) is 0. The van der Waals surface area contributed by atoms with E-state index in [1.165, 1.54) is 0 Å². The van der Waals surface area contributed by atoms with E-state index in [1.54, 1.807) is 0 Å². The maximum Gasteiger partial charge on any atom is 0 e. The molecule has 27 valence electrons. The minimum Gasteiger partial charge on any atom is 0 e. The molecular weight excluding hydrogens is 409 g/mol. The van der Waals surface area contributed by atoms with Crippen molar-refractivity contribution in [2.24, 2.45) is 0 Å². The van der Waals surface area contributed by atoms with Gasteiger partial charge in [0, 0.05) is 115 Å². The van der Waals surface area contributed by atoms with Gasteiger partial charge in [0.25, 0.3) is 0 Å². The molecule has 0 aromatic carbocycles. The van der Waals surface area contributed by atoms with Gasteiger partial charge in [-0.05, 0) is 0 Å². The fourth-order valence-electron chi connectivity index (χ4n) is 0. The van der Waals surface area contributed by atoms with Gasteiger partial charge in [-0.15, -0.1) is 0 Å². The second-order valence-corrected chi connectivity index (χ2v) is 0. The van der Waals surface area contributed by atoms with Gasteiger partial charge in [-0.25, -0.2) is 0 Å². The van der Waals surface area contributed by atoms with Crippen LogP contribution in [0.1, 0.15) is 0 Å². The van der Waals surface area contributed by atoms with Crippen molar-refractivity contribution >= 4 is 0 Å². The van der Waals surface area contributed by atoms with Gasteiger partial charge in [-0.3, -0.25) is 0 Å². The Kier molecular flexibility index (Phi) is 100. The number of hydrogen-bond acceptors (Lipinski definition) is 0. The van der Waals surface area contributed by atoms with E-state index in [0.29, 0.717) is 0 Å². The van der Waals surface area contributed by atoms with Gasteiger partial charge in [0.1, 0.15) is 0 Å². The molecule has 0 aromatic rings. The molecule has 0 amide bonds. The Balaban J connectivity index is 0. The first-order valence-corrected chi connectivity index (χ1v) is 0. The molecule has 0 N–H and O–H groups in total. The normalized spacial score (nSPS) is 0. The smallest absolute Gasteiger partial charge is 0 e. The van der Waals surface area contributed by atoms with Crippen LogP contribution < -0.4 is 0 Å². The van der Waals surface area contributed by atoms with Crippen LogP contribution in [-0.4, -0.2) is 0 Å². The summed E-state index contributed by atoms with van der Waals surface area (Å²) < 4.78 is 0. The number of hydrogen-bond donors (Lipinski definition) is 0. The largest absolute Gasteiger partial charge is 0 e. The van der Waals surface area contributed by atoms with E-state index in [9.17, 15) is 0 Å². The molecule has 0 saturated heterocycles. The van der Waals surface area contributed by atoms with E-state index in [4.69, 9.17) is 0 Å². The summed E-state index contributed by atoms with van der Waals surface area (Å²) in [6.07, 6.45) is 0. The van der Waals surface area contributed by atoms with Crippen LogP contribution in [0, 0.1) is 81.7 Å². The van der Waals surface area contributed by atoms with Gasteiger partial charge >= 0.3 is 0 Å². The maximum atomic E-state index is 0. The summed E-state index contributed by atoms with van der Waals surface area (Å²) in [7, 11) is 0. The van der Waals surface area contributed by atoms with Crippen molar-refractivity contribution in [1.29, 1.82) is 0 Å². The Morgan fingerprint density at radius 3 is 0.750 bits per heavy atom. The van der Waals surface area contributed by atoms with Crippen LogP contribution in [0.15, 0.2) is 0 Å². The van der Waals surface area contributed by atoms with E-state index >= 15 is 0 Å². The predicted octanol–water partition coefficient (Wildman–Crippen LogP) is -0.00500. The van der Waals surface area contributed by atoms with Gasteiger partial charge in [-0.2, -0.15) is 0 Å². The van der Waals surface area contributed by atoms with Crippen LogP contribution >= 0.6 is 0 Å². The second kappa shape index (κ2) is 15.9. The predicted molar refractivity (Wildman–Crippen MR) is 0 cm³/mol.